The molecule has 0 aliphatic carbocycles. The van der Waals surface area contributed by atoms with Gasteiger partial charge in [-0.25, -0.2) is 0 Å². The molecule has 0 aliphatic heterocycles. The highest BCUT2D eigenvalue weighted by molar-refractivity contribution is 14.1. The Morgan fingerprint density at radius 1 is 1.12 bits per heavy atom. The molecule has 16 heavy (non-hydrogen) atoms. The van der Waals surface area contributed by atoms with E-state index in [9.17, 15) is 0 Å². The maximum Gasteiger partial charge on any atom is 0.0350 e. The molecule has 0 amide bonds. The molecule has 0 heterocycles. The van der Waals surface area contributed by atoms with Gasteiger partial charge < -0.3 is 5.32 Å². The molecule has 2 heteroatoms. The second-order valence-electron chi connectivity index (χ2n) is 4.30. The zero-order valence-electron chi connectivity index (χ0n) is 10.4. The molecule has 1 aromatic rings. The highest BCUT2D eigenvalue weighted by Gasteiger charge is 1.96. The number of hydrogen-bond donors (Lipinski definition) is 1. The Kier molecular flexibility index (Phi) is 6.85. The summed E-state index contributed by atoms with van der Waals surface area (Å²) in [6, 6.07) is 6.58. The molecule has 0 bridgehead atoms. The Hall–Kier alpha value is -0.250. The second-order valence-corrected chi connectivity index (χ2v) is 5.47. The molecule has 0 saturated carbocycles. The van der Waals surface area contributed by atoms with E-state index in [4.69, 9.17) is 0 Å². The molecule has 1 aromatic carbocycles. The van der Waals surface area contributed by atoms with Crippen LogP contribution >= 0.6 is 22.6 Å². The van der Waals surface area contributed by atoms with Crippen molar-refractivity contribution in [2.75, 3.05) is 11.9 Å². The monoisotopic (exact) mass is 331 g/mol. The SMILES string of the molecule is CCCCCCCNc1ccc(C)c(I)c1. The first kappa shape index (κ1) is 13.8. The fraction of sp³-hybridized carbons (Fsp3) is 0.571. The third kappa shape index (κ3) is 5.19. The Morgan fingerprint density at radius 2 is 1.88 bits per heavy atom. The molecule has 0 aliphatic rings. The highest BCUT2D eigenvalue weighted by atomic mass is 127. The number of nitrogens with one attached hydrogen (secondary N) is 1. The van der Waals surface area contributed by atoms with Crippen molar-refractivity contribution < 1.29 is 0 Å². The maximum atomic E-state index is 3.48. The van der Waals surface area contributed by atoms with Gasteiger partial charge in [0, 0.05) is 15.8 Å². The van der Waals surface area contributed by atoms with Crippen LogP contribution in [0, 0.1) is 10.5 Å². The van der Waals surface area contributed by atoms with Gasteiger partial charge in [-0.1, -0.05) is 38.7 Å². The van der Waals surface area contributed by atoms with E-state index in [-0.39, 0.29) is 0 Å². The van der Waals surface area contributed by atoms with E-state index >= 15 is 0 Å². The minimum Gasteiger partial charge on any atom is -0.385 e. The number of anilines is 1. The predicted molar refractivity (Wildman–Crippen MR) is 81.1 cm³/mol. The van der Waals surface area contributed by atoms with E-state index < -0.39 is 0 Å². The van der Waals surface area contributed by atoms with Gasteiger partial charge in [0.1, 0.15) is 0 Å². The topological polar surface area (TPSA) is 12.0 Å². The van der Waals surface area contributed by atoms with Crippen LogP contribution in [0.4, 0.5) is 5.69 Å². The van der Waals surface area contributed by atoms with Gasteiger partial charge in [-0.2, -0.15) is 0 Å². The van der Waals surface area contributed by atoms with Gasteiger partial charge in [-0.05, 0) is 53.6 Å². The lowest BCUT2D eigenvalue weighted by Gasteiger charge is -2.07. The van der Waals surface area contributed by atoms with Crippen molar-refractivity contribution in [2.45, 2.75) is 46.0 Å². The molecule has 0 unspecified atom stereocenters. The molecular formula is C14H22IN. The van der Waals surface area contributed by atoms with E-state index in [1.54, 1.807) is 0 Å². The van der Waals surface area contributed by atoms with Gasteiger partial charge in [-0.3, -0.25) is 0 Å². The van der Waals surface area contributed by atoms with Crippen LogP contribution in [0.3, 0.4) is 0 Å². The number of rotatable bonds is 7. The second kappa shape index (κ2) is 7.93. The maximum absolute atomic E-state index is 3.48. The molecule has 0 spiro atoms. The third-order valence-corrected chi connectivity index (χ3v) is 3.94. The van der Waals surface area contributed by atoms with Gasteiger partial charge in [0.25, 0.3) is 0 Å². The van der Waals surface area contributed by atoms with E-state index in [1.165, 1.54) is 46.9 Å². The summed E-state index contributed by atoms with van der Waals surface area (Å²) in [7, 11) is 0. The van der Waals surface area contributed by atoms with E-state index in [1.807, 2.05) is 0 Å². The fourth-order valence-corrected chi connectivity index (χ4v) is 2.18. The van der Waals surface area contributed by atoms with Crippen molar-refractivity contribution in [1.29, 1.82) is 0 Å². The minimum atomic E-state index is 1.10. The van der Waals surface area contributed by atoms with Crippen LogP contribution in [-0.2, 0) is 0 Å². The Morgan fingerprint density at radius 3 is 2.56 bits per heavy atom. The summed E-state index contributed by atoms with van der Waals surface area (Å²) in [4.78, 5) is 0. The zero-order valence-corrected chi connectivity index (χ0v) is 12.5. The molecule has 0 atom stereocenters. The molecular weight excluding hydrogens is 309 g/mol. The Bertz CT molecular complexity index is 310. The van der Waals surface area contributed by atoms with Crippen molar-refractivity contribution >= 4 is 28.3 Å². The summed E-state index contributed by atoms with van der Waals surface area (Å²) < 4.78 is 1.34. The quantitative estimate of drug-likeness (QED) is 0.549. The first-order valence-electron chi connectivity index (χ1n) is 6.24. The van der Waals surface area contributed by atoms with Crippen molar-refractivity contribution in [3.05, 3.63) is 27.3 Å². The molecule has 1 nitrogen and oxygen atoms in total. The Balaban J connectivity index is 2.19. The lowest BCUT2D eigenvalue weighted by molar-refractivity contribution is 0.645. The summed E-state index contributed by atoms with van der Waals surface area (Å²) in [5.41, 5.74) is 2.61. The van der Waals surface area contributed by atoms with Crippen LogP contribution < -0.4 is 5.32 Å². The molecule has 1 rings (SSSR count). The van der Waals surface area contributed by atoms with Gasteiger partial charge in [0.05, 0.1) is 0 Å². The molecule has 0 saturated heterocycles. The molecule has 0 fully saturated rings. The van der Waals surface area contributed by atoms with Crippen LogP contribution in [0.15, 0.2) is 18.2 Å². The van der Waals surface area contributed by atoms with Crippen molar-refractivity contribution in [3.8, 4) is 0 Å². The standard InChI is InChI=1S/C14H22IN/c1-3-4-5-6-7-10-16-13-9-8-12(2)14(15)11-13/h8-9,11,16H,3-7,10H2,1-2H3. The normalized spacial score (nSPS) is 10.4. The Labute approximate surface area is 113 Å². The smallest absolute Gasteiger partial charge is 0.0350 e. The molecule has 90 valence electrons. The molecule has 1 N–H and O–H groups in total. The minimum absolute atomic E-state index is 1.10. The van der Waals surface area contributed by atoms with Gasteiger partial charge in [0.2, 0.25) is 0 Å². The average molecular weight is 331 g/mol. The van der Waals surface area contributed by atoms with Crippen molar-refractivity contribution in [3.63, 3.8) is 0 Å². The number of unbranched alkanes of at least 4 members (excludes halogenated alkanes) is 4. The van der Waals surface area contributed by atoms with E-state index in [0.717, 1.165) is 6.54 Å². The largest absolute Gasteiger partial charge is 0.385 e. The van der Waals surface area contributed by atoms with Crippen LogP contribution in [0.2, 0.25) is 0 Å². The van der Waals surface area contributed by atoms with Crippen LogP contribution in [-0.4, -0.2) is 6.54 Å². The first-order chi connectivity index (χ1) is 7.74. The van der Waals surface area contributed by atoms with Gasteiger partial charge >= 0.3 is 0 Å². The fourth-order valence-electron chi connectivity index (χ4n) is 1.66. The predicted octanol–water partition coefficient (Wildman–Crippen LogP) is 4.98. The summed E-state index contributed by atoms with van der Waals surface area (Å²) >= 11 is 2.39. The highest BCUT2D eigenvalue weighted by Crippen LogP contribution is 2.17. The zero-order chi connectivity index (χ0) is 11.8. The first-order valence-corrected chi connectivity index (χ1v) is 7.32. The summed E-state index contributed by atoms with van der Waals surface area (Å²) in [5.74, 6) is 0. The van der Waals surface area contributed by atoms with E-state index in [2.05, 4.69) is 60.0 Å². The van der Waals surface area contributed by atoms with Crippen LogP contribution in [0.5, 0.6) is 0 Å². The number of aryl methyl sites for hydroxylation is 1. The lowest BCUT2D eigenvalue weighted by atomic mass is 10.1. The van der Waals surface area contributed by atoms with Crippen molar-refractivity contribution in [1.82, 2.24) is 0 Å². The molecule has 0 aromatic heterocycles. The van der Waals surface area contributed by atoms with Crippen LogP contribution in [0.25, 0.3) is 0 Å². The number of hydrogen-bond acceptors (Lipinski definition) is 1. The summed E-state index contributed by atoms with van der Waals surface area (Å²) in [6.07, 6.45) is 6.71. The van der Waals surface area contributed by atoms with Crippen LogP contribution in [0.1, 0.15) is 44.6 Å². The van der Waals surface area contributed by atoms with E-state index in [0.29, 0.717) is 0 Å². The molecule has 0 radical (unpaired) electrons. The summed E-state index contributed by atoms with van der Waals surface area (Å²) in [6.45, 7) is 5.51. The average Bonchev–Trinajstić information content (AvgIpc) is 2.28. The number of benzene rings is 1. The van der Waals surface area contributed by atoms with Gasteiger partial charge in [-0.15, -0.1) is 0 Å². The third-order valence-electron chi connectivity index (χ3n) is 2.78. The number of halogens is 1. The lowest BCUT2D eigenvalue weighted by Crippen LogP contribution is -2.01. The summed E-state index contributed by atoms with van der Waals surface area (Å²) in [5, 5.41) is 3.48. The van der Waals surface area contributed by atoms with Crippen molar-refractivity contribution in [2.24, 2.45) is 0 Å². The van der Waals surface area contributed by atoms with Gasteiger partial charge in [0.15, 0.2) is 0 Å².